The Morgan fingerprint density at radius 2 is 2.00 bits per heavy atom. The minimum atomic E-state index is -0.0179. The van der Waals surface area contributed by atoms with Crippen molar-refractivity contribution in [1.82, 2.24) is 14.8 Å². The molecule has 2 aromatic rings. The molecule has 1 saturated heterocycles. The third kappa shape index (κ3) is 5.99. The number of hydrogen-bond donors (Lipinski definition) is 0. The fourth-order valence-corrected chi connectivity index (χ4v) is 3.88. The van der Waals surface area contributed by atoms with Crippen molar-refractivity contribution in [2.45, 2.75) is 32.9 Å². The normalized spacial score (nSPS) is 15.4. The molecule has 0 spiro atoms. The zero-order valence-electron chi connectivity index (χ0n) is 16.9. The quantitative estimate of drug-likeness (QED) is 0.665. The van der Waals surface area contributed by atoms with Gasteiger partial charge in [0.15, 0.2) is 0 Å². The number of nitrogens with zero attached hydrogens (tertiary/aromatic N) is 3. The van der Waals surface area contributed by atoms with Gasteiger partial charge in [0.25, 0.3) is 0 Å². The van der Waals surface area contributed by atoms with Gasteiger partial charge in [-0.2, -0.15) is 0 Å². The number of carbonyl (C=O) groups excluding carboxylic acids is 1. The fraction of sp³-hybridized carbons (Fsp3) is 0.455. The highest BCUT2D eigenvalue weighted by atomic mass is 32.1. The molecule has 0 radical (unpaired) electrons. The van der Waals surface area contributed by atoms with Crippen LogP contribution in [0.3, 0.4) is 0 Å². The highest BCUT2D eigenvalue weighted by Gasteiger charge is 2.14. The molecule has 5 nitrogen and oxygen atoms in total. The second-order valence-corrected chi connectivity index (χ2v) is 8.41. The van der Waals surface area contributed by atoms with Crippen molar-refractivity contribution in [3.63, 3.8) is 0 Å². The molecule has 1 aromatic carbocycles. The van der Waals surface area contributed by atoms with Crippen molar-refractivity contribution in [2.24, 2.45) is 0 Å². The zero-order valence-corrected chi connectivity index (χ0v) is 17.7. The lowest BCUT2D eigenvalue weighted by molar-refractivity contribution is -0.125. The van der Waals surface area contributed by atoms with Gasteiger partial charge in [0.1, 0.15) is 5.01 Å². The summed E-state index contributed by atoms with van der Waals surface area (Å²) in [5, 5.41) is 3.15. The van der Waals surface area contributed by atoms with E-state index >= 15 is 0 Å². The average molecular weight is 400 g/mol. The summed E-state index contributed by atoms with van der Waals surface area (Å²) in [6, 6.07) is 8.34. The number of likely N-dealkylation sites (N-methyl/N-ethyl adjacent to an activating group) is 1. The molecule has 3 rings (SSSR count). The Hall–Kier alpha value is -2.02. The molecule has 1 aliphatic heterocycles. The smallest absolute Gasteiger partial charge is 0.246 e. The Morgan fingerprint density at radius 1 is 1.29 bits per heavy atom. The van der Waals surface area contributed by atoms with Crippen LogP contribution in [0.2, 0.25) is 0 Å². The van der Waals surface area contributed by atoms with Gasteiger partial charge in [-0.25, -0.2) is 4.98 Å². The first-order valence-electron chi connectivity index (χ1n) is 9.78. The number of morpholine rings is 1. The van der Waals surface area contributed by atoms with Crippen LogP contribution in [-0.4, -0.2) is 54.0 Å². The molecule has 1 aliphatic rings. The van der Waals surface area contributed by atoms with E-state index in [4.69, 9.17) is 4.74 Å². The summed E-state index contributed by atoms with van der Waals surface area (Å²) in [5.41, 5.74) is 3.28. The molecule has 2 heterocycles. The summed E-state index contributed by atoms with van der Waals surface area (Å²) in [4.78, 5) is 21.2. The van der Waals surface area contributed by atoms with Gasteiger partial charge in [-0.05, 0) is 23.1 Å². The predicted octanol–water partition coefficient (Wildman–Crippen LogP) is 3.77. The van der Waals surface area contributed by atoms with Crippen LogP contribution < -0.4 is 0 Å². The van der Waals surface area contributed by atoms with Gasteiger partial charge in [-0.1, -0.05) is 38.1 Å². The van der Waals surface area contributed by atoms with Crippen LogP contribution in [0.5, 0.6) is 0 Å². The number of benzene rings is 1. The molecule has 28 heavy (non-hydrogen) atoms. The minimum Gasteiger partial charge on any atom is -0.379 e. The highest BCUT2D eigenvalue weighted by molar-refractivity contribution is 7.09. The molecule has 1 amide bonds. The number of rotatable bonds is 7. The molecule has 150 valence electrons. The van der Waals surface area contributed by atoms with Gasteiger partial charge >= 0.3 is 0 Å². The van der Waals surface area contributed by atoms with E-state index in [1.807, 2.05) is 18.5 Å². The highest BCUT2D eigenvalue weighted by Crippen LogP contribution is 2.16. The summed E-state index contributed by atoms with van der Waals surface area (Å²) < 4.78 is 5.38. The van der Waals surface area contributed by atoms with E-state index in [1.54, 1.807) is 22.3 Å². The Balaban J connectivity index is 1.51. The number of thiazole rings is 1. The lowest BCUT2D eigenvalue weighted by atomic mass is 10.0. The van der Waals surface area contributed by atoms with Crippen LogP contribution in [0.1, 0.15) is 41.6 Å². The monoisotopic (exact) mass is 399 g/mol. The number of aromatic nitrogens is 1. The Bertz CT molecular complexity index is 792. The lowest BCUT2D eigenvalue weighted by Crippen LogP contribution is -2.35. The molecule has 0 saturated carbocycles. The zero-order chi connectivity index (χ0) is 19.9. The largest absolute Gasteiger partial charge is 0.379 e. The van der Waals surface area contributed by atoms with Gasteiger partial charge in [-0.15, -0.1) is 11.3 Å². The van der Waals surface area contributed by atoms with Crippen LogP contribution in [-0.2, 0) is 22.6 Å². The summed E-state index contributed by atoms with van der Waals surface area (Å²) in [7, 11) is 1.82. The number of hydrogen-bond acceptors (Lipinski definition) is 5. The molecule has 0 N–H and O–H groups in total. The van der Waals surface area contributed by atoms with Crippen LogP contribution in [0.4, 0.5) is 0 Å². The number of amides is 1. The average Bonchev–Trinajstić information content (AvgIpc) is 3.13. The molecular formula is C22H29N3O2S. The van der Waals surface area contributed by atoms with E-state index in [2.05, 4.69) is 48.0 Å². The molecule has 1 aromatic heterocycles. The first kappa shape index (κ1) is 20.7. The van der Waals surface area contributed by atoms with Gasteiger partial charge in [0.05, 0.1) is 32.0 Å². The van der Waals surface area contributed by atoms with Crippen molar-refractivity contribution < 1.29 is 9.53 Å². The Morgan fingerprint density at radius 3 is 2.68 bits per heavy atom. The summed E-state index contributed by atoms with van der Waals surface area (Å²) in [5.74, 6) is 0.493. The summed E-state index contributed by atoms with van der Waals surface area (Å²) >= 11 is 1.66. The lowest BCUT2D eigenvalue weighted by Gasteiger charge is -2.25. The van der Waals surface area contributed by atoms with Crippen molar-refractivity contribution >= 4 is 23.3 Å². The molecule has 6 heteroatoms. The Labute approximate surface area is 171 Å². The second kappa shape index (κ2) is 9.96. The van der Waals surface area contributed by atoms with Gasteiger partial charge in [-0.3, -0.25) is 9.69 Å². The number of carbonyl (C=O) groups is 1. The van der Waals surface area contributed by atoms with Crippen LogP contribution in [0.25, 0.3) is 6.08 Å². The van der Waals surface area contributed by atoms with Crippen molar-refractivity contribution in [3.05, 3.63) is 57.6 Å². The van der Waals surface area contributed by atoms with Crippen molar-refractivity contribution in [3.8, 4) is 0 Å². The van der Waals surface area contributed by atoms with E-state index in [1.165, 1.54) is 5.56 Å². The molecule has 0 aliphatic carbocycles. The van der Waals surface area contributed by atoms with Gasteiger partial charge in [0.2, 0.25) is 5.91 Å². The maximum Gasteiger partial charge on any atom is 0.246 e. The third-order valence-electron chi connectivity index (χ3n) is 4.86. The first-order chi connectivity index (χ1) is 13.5. The fourth-order valence-electron chi connectivity index (χ4n) is 3.05. The van der Waals surface area contributed by atoms with Crippen LogP contribution >= 0.6 is 11.3 Å². The standard InChI is InChI=1S/C22H29N3O2S/c1-17(2)19-7-4-18(5-8-19)6-9-22(26)24(3)14-20-16-28-21(23-20)15-25-10-12-27-13-11-25/h4-9,16-17H,10-15H2,1-3H3/b9-6+. The third-order valence-corrected chi connectivity index (χ3v) is 5.74. The maximum absolute atomic E-state index is 12.4. The van der Waals surface area contributed by atoms with Gasteiger partial charge in [0, 0.05) is 31.6 Å². The van der Waals surface area contributed by atoms with E-state index in [9.17, 15) is 4.79 Å². The molecule has 0 unspecified atom stereocenters. The van der Waals surface area contributed by atoms with Crippen molar-refractivity contribution in [2.75, 3.05) is 33.4 Å². The van der Waals surface area contributed by atoms with Crippen LogP contribution in [0, 0.1) is 0 Å². The number of ether oxygens (including phenoxy) is 1. The van der Waals surface area contributed by atoms with Crippen LogP contribution in [0.15, 0.2) is 35.7 Å². The van der Waals surface area contributed by atoms with E-state index in [0.717, 1.165) is 49.1 Å². The minimum absolute atomic E-state index is 0.0179. The van der Waals surface area contributed by atoms with E-state index in [-0.39, 0.29) is 5.91 Å². The molecule has 0 atom stereocenters. The topological polar surface area (TPSA) is 45.7 Å². The molecule has 0 bridgehead atoms. The van der Waals surface area contributed by atoms with E-state index in [0.29, 0.717) is 12.5 Å². The van der Waals surface area contributed by atoms with Gasteiger partial charge < -0.3 is 9.64 Å². The summed E-state index contributed by atoms with van der Waals surface area (Å²) in [6.45, 7) is 9.23. The first-order valence-corrected chi connectivity index (χ1v) is 10.7. The molecular weight excluding hydrogens is 370 g/mol. The maximum atomic E-state index is 12.4. The van der Waals surface area contributed by atoms with Crippen molar-refractivity contribution in [1.29, 1.82) is 0 Å². The Kier molecular flexibility index (Phi) is 7.36. The summed E-state index contributed by atoms with van der Waals surface area (Å²) in [6.07, 6.45) is 3.50. The van der Waals surface area contributed by atoms with E-state index < -0.39 is 0 Å². The predicted molar refractivity (Wildman–Crippen MR) is 114 cm³/mol. The second-order valence-electron chi connectivity index (χ2n) is 7.47. The SMILES string of the molecule is CC(C)c1ccc(/C=C/C(=O)N(C)Cc2csc(CN3CCOCC3)n2)cc1. The molecule has 1 fully saturated rings.